The molecule has 0 unspecified atom stereocenters. The summed E-state index contributed by atoms with van der Waals surface area (Å²) in [6.07, 6.45) is 3.54. The van der Waals surface area contributed by atoms with Crippen LogP contribution >= 0.6 is 0 Å². The van der Waals surface area contributed by atoms with Gasteiger partial charge in [-0.15, -0.1) is 11.8 Å². The van der Waals surface area contributed by atoms with E-state index in [1.54, 1.807) is 5.56 Å². The summed E-state index contributed by atoms with van der Waals surface area (Å²) >= 11 is 0. The summed E-state index contributed by atoms with van der Waals surface area (Å²) < 4.78 is 0. The Balaban J connectivity index is 1.75. The van der Waals surface area contributed by atoms with Crippen molar-refractivity contribution in [3.8, 4) is 11.8 Å². The summed E-state index contributed by atoms with van der Waals surface area (Å²) in [4.78, 5) is 0. The lowest BCUT2D eigenvalue weighted by molar-refractivity contribution is 0.293. The van der Waals surface area contributed by atoms with Gasteiger partial charge in [-0.05, 0) is 43.7 Å². The van der Waals surface area contributed by atoms with Gasteiger partial charge < -0.3 is 5.32 Å². The van der Waals surface area contributed by atoms with Crippen LogP contribution in [0.3, 0.4) is 0 Å². The number of hydrogen-bond donors (Lipinski definition) is 1. The summed E-state index contributed by atoms with van der Waals surface area (Å²) in [5.74, 6) is 6.79. The average molecular weight is 227 g/mol. The Morgan fingerprint density at radius 3 is 2.76 bits per heavy atom. The fraction of sp³-hybridized carbons (Fsp3) is 0.500. The maximum atomic E-state index is 3.57. The highest BCUT2D eigenvalue weighted by atomic mass is 14.9. The second-order valence-electron chi connectivity index (χ2n) is 4.85. The molecule has 1 aromatic rings. The summed E-state index contributed by atoms with van der Waals surface area (Å²) in [7, 11) is 0. The Morgan fingerprint density at radius 1 is 1.29 bits per heavy atom. The third kappa shape index (κ3) is 3.11. The minimum absolute atomic E-state index is 0.707. The Kier molecular flexibility index (Phi) is 4.23. The minimum Gasteiger partial charge on any atom is -0.313 e. The van der Waals surface area contributed by atoms with E-state index < -0.39 is 0 Å². The van der Waals surface area contributed by atoms with Crippen molar-refractivity contribution in [2.24, 2.45) is 0 Å². The molecule has 1 heteroatoms. The van der Waals surface area contributed by atoms with Crippen molar-refractivity contribution in [3.63, 3.8) is 0 Å². The Labute approximate surface area is 105 Å². The molecule has 0 aliphatic heterocycles. The highest BCUT2D eigenvalue weighted by Crippen LogP contribution is 2.38. The van der Waals surface area contributed by atoms with Gasteiger partial charge in [-0.2, -0.15) is 0 Å². The first-order valence-corrected chi connectivity index (χ1v) is 6.49. The molecule has 0 atom stereocenters. The van der Waals surface area contributed by atoms with Crippen LogP contribution in [0.15, 0.2) is 24.3 Å². The maximum absolute atomic E-state index is 3.57. The summed E-state index contributed by atoms with van der Waals surface area (Å²) in [6, 6.07) is 9.47. The van der Waals surface area contributed by atoms with Crippen LogP contribution in [-0.4, -0.2) is 12.6 Å². The molecule has 1 N–H and O–H groups in total. The summed E-state index contributed by atoms with van der Waals surface area (Å²) in [5.41, 5.74) is 2.98. The molecule has 17 heavy (non-hydrogen) atoms. The zero-order chi connectivity index (χ0) is 12.1. The van der Waals surface area contributed by atoms with Crippen molar-refractivity contribution >= 4 is 0 Å². The topological polar surface area (TPSA) is 12.0 Å². The number of hydrogen-bond acceptors (Lipinski definition) is 1. The van der Waals surface area contributed by atoms with Gasteiger partial charge in [-0.25, -0.2) is 0 Å². The maximum Gasteiger partial charge on any atom is 0.0214 e. The van der Waals surface area contributed by atoms with Crippen LogP contribution in [-0.2, 0) is 0 Å². The Hall–Kier alpha value is -1.26. The SMILES string of the molecule is CC#CCCNC1CC(c2ccccc2C)C1. The number of nitrogens with one attached hydrogen (secondary N) is 1. The zero-order valence-electron chi connectivity index (χ0n) is 10.8. The van der Waals surface area contributed by atoms with Crippen LogP contribution in [0.2, 0.25) is 0 Å². The largest absolute Gasteiger partial charge is 0.313 e. The molecule has 0 radical (unpaired) electrons. The molecule has 0 heterocycles. The third-order valence-corrected chi connectivity index (χ3v) is 3.63. The van der Waals surface area contributed by atoms with Crippen molar-refractivity contribution in [2.75, 3.05) is 6.54 Å². The third-order valence-electron chi connectivity index (χ3n) is 3.63. The van der Waals surface area contributed by atoms with Crippen molar-refractivity contribution < 1.29 is 0 Å². The molecular weight excluding hydrogens is 206 g/mol. The first-order valence-electron chi connectivity index (χ1n) is 6.49. The second-order valence-corrected chi connectivity index (χ2v) is 4.85. The van der Waals surface area contributed by atoms with Crippen LogP contribution in [0.25, 0.3) is 0 Å². The molecule has 0 aromatic heterocycles. The Morgan fingerprint density at radius 2 is 2.06 bits per heavy atom. The van der Waals surface area contributed by atoms with Crippen molar-refractivity contribution in [1.82, 2.24) is 5.32 Å². The molecule has 1 aliphatic rings. The average Bonchev–Trinajstić information content (AvgIpc) is 2.28. The molecule has 1 fully saturated rings. The molecule has 1 aliphatic carbocycles. The highest BCUT2D eigenvalue weighted by molar-refractivity contribution is 5.31. The molecule has 90 valence electrons. The molecule has 1 nitrogen and oxygen atoms in total. The molecule has 0 amide bonds. The van der Waals surface area contributed by atoms with Gasteiger partial charge in [0.05, 0.1) is 0 Å². The van der Waals surface area contributed by atoms with Crippen LogP contribution in [0, 0.1) is 18.8 Å². The van der Waals surface area contributed by atoms with E-state index in [2.05, 4.69) is 48.3 Å². The molecule has 0 saturated heterocycles. The van der Waals surface area contributed by atoms with Crippen molar-refractivity contribution in [3.05, 3.63) is 35.4 Å². The summed E-state index contributed by atoms with van der Waals surface area (Å²) in [5, 5.41) is 3.57. The highest BCUT2D eigenvalue weighted by Gasteiger charge is 2.30. The predicted octanol–water partition coefficient (Wildman–Crippen LogP) is 3.24. The molecule has 1 aromatic carbocycles. The van der Waals surface area contributed by atoms with Crippen molar-refractivity contribution in [2.45, 2.75) is 45.1 Å². The summed E-state index contributed by atoms with van der Waals surface area (Å²) in [6.45, 7) is 5.15. The number of benzene rings is 1. The van der Waals surface area contributed by atoms with E-state index in [0.717, 1.165) is 18.9 Å². The Bertz CT molecular complexity index is 419. The minimum atomic E-state index is 0.707. The van der Waals surface area contributed by atoms with Gasteiger partial charge in [-0.3, -0.25) is 0 Å². The van der Waals surface area contributed by atoms with Crippen LogP contribution in [0.1, 0.15) is 43.2 Å². The van der Waals surface area contributed by atoms with Gasteiger partial charge in [0.25, 0.3) is 0 Å². The second kappa shape index (κ2) is 5.89. The lowest BCUT2D eigenvalue weighted by Gasteiger charge is -2.37. The van der Waals surface area contributed by atoms with E-state index in [4.69, 9.17) is 0 Å². The fourth-order valence-electron chi connectivity index (χ4n) is 2.55. The van der Waals surface area contributed by atoms with Gasteiger partial charge in [0.1, 0.15) is 0 Å². The molecule has 0 bridgehead atoms. The molecule has 2 rings (SSSR count). The van der Waals surface area contributed by atoms with E-state index in [9.17, 15) is 0 Å². The van der Waals surface area contributed by atoms with Crippen LogP contribution in [0.5, 0.6) is 0 Å². The van der Waals surface area contributed by atoms with E-state index in [1.165, 1.54) is 18.4 Å². The van der Waals surface area contributed by atoms with E-state index >= 15 is 0 Å². The molecule has 1 saturated carbocycles. The van der Waals surface area contributed by atoms with Crippen LogP contribution < -0.4 is 5.32 Å². The number of aryl methyl sites for hydroxylation is 1. The van der Waals surface area contributed by atoms with E-state index in [-0.39, 0.29) is 0 Å². The fourth-order valence-corrected chi connectivity index (χ4v) is 2.55. The predicted molar refractivity (Wildman–Crippen MR) is 73.0 cm³/mol. The smallest absolute Gasteiger partial charge is 0.0214 e. The lowest BCUT2D eigenvalue weighted by atomic mass is 9.74. The van der Waals surface area contributed by atoms with Gasteiger partial charge in [0, 0.05) is 19.0 Å². The van der Waals surface area contributed by atoms with Gasteiger partial charge >= 0.3 is 0 Å². The van der Waals surface area contributed by atoms with Crippen molar-refractivity contribution in [1.29, 1.82) is 0 Å². The van der Waals surface area contributed by atoms with Gasteiger partial charge in [-0.1, -0.05) is 24.3 Å². The normalized spacial score (nSPS) is 22.5. The standard InChI is InChI=1S/C16H21N/c1-3-4-7-10-17-15-11-14(12-15)16-9-6-5-8-13(16)2/h5-6,8-9,14-15,17H,7,10-12H2,1-2H3. The van der Waals surface area contributed by atoms with E-state index in [1.807, 2.05) is 6.92 Å². The van der Waals surface area contributed by atoms with Gasteiger partial charge in [0.15, 0.2) is 0 Å². The first kappa shape index (κ1) is 12.2. The van der Waals surface area contributed by atoms with Crippen LogP contribution in [0.4, 0.5) is 0 Å². The quantitative estimate of drug-likeness (QED) is 0.615. The first-order chi connectivity index (χ1) is 8.31. The van der Waals surface area contributed by atoms with Gasteiger partial charge in [0.2, 0.25) is 0 Å². The zero-order valence-corrected chi connectivity index (χ0v) is 10.8. The number of rotatable bonds is 4. The monoisotopic (exact) mass is 227 g/mol. The van der Waals surface area contributed by atoms with E-state index in [0.29, 0.717) is 6.04 Å². The lowest BCUT2D eigenvalue weighted by Crippen LogP contribution is -2.40. The molecule has 0 spiro atoms. The molecular formula is C16H21N.